The number of imide groups is 1. The fourth-order valence-corrected chi connectivity index (χ4v) is 4.53. The minimum atomic E-state index is -1.17. The van der Waals surface area contributed by atoms with Crippen molar-refractivity contribution < 1.29 is 23.3 Å². The molecule has 0 aromatic heterocycles. The third-order valence-electron chi connectivity index (χ3n) is 5.77. The lowest BCUT2D eigenvalue weighted by atomic mass is 9.91. The van der Waals surface area contributed by atoms with Gasteiger partial charge >= 0.3 is 0 Å². The highest BCUT2D eigenvalue weighted by atomic mass is 19.2. The van der Waals surface area contributed by atoms with Gasteiger partial charge in [-0.25, -0.2) is 13.7 Å². The number of amides is 2. The number of likely N-dealkylation sites (tertiary alicyclic amines) is 1. The van der Waals surface area contributed by atoms with Crippen LogP contribution in [0.5, 0.6) is 0 Å². The number of rotatable bonds is 4. The maximum absolute atomic E-state index is 13.9. The van der Waals surface area contributed by atoms with Crippen molar-refractivity contribution in [3.05, 3.63) is 75.5 Å². The average molecular weight is 441 g/mol. The predicted molar refractivity (Wildman–Crippen MR) is 113 cm³/mol. The first-order valence-electron chi connectivity index (χ1n) is 10.2. The molecule has 1 fully saturated rings. The fraction of sp³-hybridized carbons (Fsp3) is 0.304. The molecule has 2 heterocycles. The van der Waals surface area contributed by atoms with Crippen LogP contribution in [0.2, 0.25) is 0 Å². The van der Waals surface area contributed by atoms with Gasteiger partial charge in [-0.3, -0.25) is 19.7 Å². The zero-order valence-electron chi connectivity index (χ0n) is 17.5. The smallest absolute Gasteiger partial charge is 0.282 e. The van der Waals surface area contributed by atoms with E-state index in [1.165, 1.54) is 30.3 Å². The Bertz CT molecular complexity index is 1140. The lowest BCUT2D eigenvalue weighted by Gasteiger charge is -2.37. The van der Waals surface area contributed by atoms with E-state index in [4.69, 9.17) is 0 Å². The third kappa shape index (κ3) is 3.74. The number of benzene rings is 2. The van der Waals surface area contributed by atoms with Gasteiger partial charge in [-0.1, -0.05) is 13.8 Å². The van der Waals surface area contributed by atoms with Gasteiger partial charge in [0.25, 0.3) is 17.5 Å². The molecule has 0 radical (unpaired) electrons. The molecule has 2 unspecified atom stereocenters. The maximum atomic E-state index is 13.9. The Morgan fingerprint density at radius 1 is 0.938 bits per heavy atom. The number of carbonyl (C=O) groups is 2. The van der Waals surface area contributed by atoms with E-state index in [9.17, 15) is 28.5 Å². The fourth-order valence-electron chi connectivity index (χ4n) is 4.53. The molecular formula is C23H21F2N3O4. The van der Waals surface area contributed by atoms with Crippen molar-refractivity contribution in [2.24, 2.45) is 11.8 Å². The molecule has 1 saturated heterocycles. The molecule has 0 saturated carbocycles. The molecule has 0 bridgehead atoms. The average Bonchev–Trinajstić information content (AvgIpc) is 2.99. The molecule has 4 rings (SSSR count). The molecule has 0 aliphatic carbocycles. The standard InChI is InChI=1S/C23H21F2N3O4/c1-13-9-14(2)12-26(11-13)21-20(15-3-5-16(6-4-15)28(31)32)22(29)27(23(21)30)17-7-8-18(24)19(25)10-17/h3-8,10,13-14H,9,11-12H2,1-2H3. The lowest BCUT2D eigenvalue weighted by Crippen LogP contribution is -2.42. The van der Waals surface area contributed by atoms with Gasteiger partial charge in [-0.05, 0) is 48.1 Å². The minimum absolute atomic E-state index is 0.0774. The summed E-state index contributed by atoms with van der Waals surface area (Å²) in [4.78, 5) is 40.0. The monoisotopic (exact) mass is 441 g/mol. The highest BCUT2D eigenvalue weighted by Gasteiger charge is 2.44. The van der Waals surface area contributed by atoms with Crippen LogP contribution in [0, 0.1) is 33.6 Å². The Labute approximate surface area is 183 Å². The molecule has 9 heteroatoms. The van der Waals surface area contributed by atoms with Crippen LogP contribution in [0.1, 0.15) is 25.8 Å². The van der Waals surface area contributed by atoms with E-state index in [1.54, 1.807) is 0 Å². The van der Waals surface area contributed by atoms with Crippen LogP contribution < -0.4 is 4.90 Å². The highest BCUT2D eigenvalue weighted by molar-refractivity contribution is 6.45. The quantitative estimate of drug-likeness (QED) is 0.405. The third-order valence-corrected chi connectivity index (χ3v) is 5.77. The second-order valence-corrected chi connectivity index (χ2v) is 8.42. The number of nitro benzene ring substituents is 1. The van der Waals surface area contributed by atoms with Gasteiger partial charge in [0, 0.05) is 31.3 Å². The summed E-state index contributed by atoms with van der Waals surface area (Å²) in [5.41, 5.74) is 0.389. The molecule has 166 valence electrons. The summed E-state index contributed by atoms with van der Waals surface area (Å²) in [5, 5.41) is 11.0. The van der Waals surface area contributed by atoms with Gasteiger partial charge in [0.05, 0.1) is 16.2 Å². The molecule has 2 aliphatic rings. The van der Waals surface area contributed by atoms with E-state index in [0.29, 0.717) is 18.7 Å². The van der Waals surface area contributed by atoms with Gasteiger partial charge in [-0.15, -0.1) is 0 Å². The van der Waals surface area contributed by atoms with Crippen molar-refractivity contribution >= 4 is 28.8 Å². The number of anilines is 1. The summed E-state index contributed by atoms with van der Waals surface area (Å²) in [5.74, 6) is -3.01. The first-order chi connectivity index (χ1) is 15.2. The predicted octanol–water partition coefficient (Wildman–Crippen LogP) is 4.14. The van der Waals surface area contributed by atoms with Crippen molar-refractivity contribution in [3.8, 4) is 0 Å². The van der Waals surface area contributed by atoms with Crippen LogP contribution in [0.4, 0.5) is 20.2 Å². The molecule has 2 atom stereocenters. The first-order valence-corrected chi connectivity index (χ1v) is 10.2. The number of non-ortho nitro benzene ring substituents is 1. The van der Waals surface area contributed by atoms with Crippen LogP contribution in [-0.2, 0) is 9.59 Å². The van der Waals surface area contributed by atoms with Gasteiger partial charge in [-0.2, -0.15) is 0 Å². The number of nitrogens with zero attached hydrogens (tertiary/aromatic N) is 3. The number of piperidine rings is 1. The van der Waals surface area contributed by atoms with Crippen molar-refractivity contribution in [2.75, 3.05) is 18.0 Å². The molecule has 2 aromatic carbocycles. The Kier molecular flexibility index (Phi) is 5.50. The zero-order chi connectivity index (χ0) is 23.2. The van der Waals surface area contributed by atoms with Crippen LogP contribution in [0.3, 0.4) is 0 Å². The Morgan fingerprint density at radius 3 is 2.12 bits per heavy atom. The van der Waals surface area contributed by atoms with Crippen molar-refractivity contribution in [2.45, 2.75) is 20.3 Å². The van der Waals surface area contributed by atoms with Gasteiger partial charge in [0.2, 0.25) is 0 Å². The van der Waals surface area contributed by atoms with E-state index in [0.717, 1.165) is 23.5 Å². The molecule has 2 aliphatic heterocycles. The number of hydrogen-bond donors (Lipinski definition) is 0. The first kappa shape index (κ1) is 21.6. The summed E-state index contributed by atoms with van der Waals surface area (Å²) in [7, 11) is 0. The van der Waals surface area contributed by atoms with Crippen LogP contribution in [0.25, 0.3) is 5.57 Å². The van der Waals surface area contributed by atoms with E-state index in [2.05, 4.69) is 13.8 Å². The summed E-state index contributed by atoms with van der Waals surface area (Å²) in [6.45, 7) is 5.23. The lowest BCUT2D eigenvalue weighted by molar-refractivity contribution is -0.384. The van der Waals surface area contributed by atoms with Crippen molar-refractivity contribution in [1.82, 2.24) is 4.90 Å². The van der Waals surface area contributed by atoms with Gasteiger partial charge < -0.3 is 4.90 Å². The van der Waals surface area contributed by atoms with E-state index >= 15 is 0 Å². The number of carbonyl (C=O) groups excluding carboxylic acids is 2. The van der Waals surface area contributed by atoms with Gasteiger partial charge in [0.15, 0.2) is 11.6 Å². The molecule has 0 spiro atoms. The summed E-state index contributed by atoms with van der Waals surface area (Å²) >= 11 is 0. The van der Waals surface area contributed by atoms with Crippen LogP contribution >= 0.6 is 0 Å². The van der Waals surface area contributed by atoms with Crippen LogP contribution in [-0.4, -0.2) is 34.7 Å². The van der Waals surface area contributed by atoms with E-state index in [1.807, 2.05) is 4.90 Å². The van der Waals surface area contributed by atoms with Crippen molar-refractivity contribution in [3.63, 3.8) is 0 Å². The Balaban J connectivity index is 1.83. The van der Waals surface area contributed by atoms with Gasteiger partial charge in [0.1, 0.15) is 5.70 Å². The summed E-state index contributed by atoms with van der Waals surface area (Å²) in [6, 6.07) is 8.21. The molecule has 32 heavy (non-hydrogen) atoms. The number of hydrogen-bond acceptors (Lipinski definition) is 5. The summed E-state index contributed by atoms with van der Waals surface area (Å²) in [6.07, 6.45) is 0.978. The minimum Gasteiger partial charge on any atom is -0.366 e. The number of halogens is 2. The summed E-state index contributed by atoms with van der Waals surface area (Å²) < 4.78 is 27.3. The molecular weight excluding hydrogens is 420 g/mol. The molecule has 2 aromatic rings. The topological polar surface area (TPSA) is 83.8 Å². The van der Waals surface area contributed by atoms with E-state index < -0.39 is 28.4 Å². The zero-order valence-corrected chi connectivity index (χ0v) is 17.5. The second kappa shape index (κ2) is 8.14. The number of nitro groups is 1. The molecule has 7 nitrogen and oxygen atoms in total. The normalized spacial score (nSPS) is 21.5. The highest BCUT2D eigenvalue weighted by Crippen LogP contribution is 2.37. The maximum Gasteiger partial charge on any atom is 0.282 e. The Hall–Kier alpha value is -3.62. The molecule has 0 N–H and O–H groups in total. The second-order valence-electron chi connectivity index (χ2n) is 8.42. The SMILES string of the molecule is CC1CC(C)CN(C2=C(c3ccc([N+](=O)[O-])cc3)C(=O)N(c3ccc(F)c(F)c3)C2=O)C1. The van der Waals surface area contributed by atoms with Crippen LogP contribution in [0.15, 0.2) is 48.2 Å². The van der Waals surface area contributed by atoms with Crippen molar-refractivity contribution in [1.29, 1.82) is 0 Å². The van der Waals surface area contributed by atoms with E-state index in [-0.39, 0.29) is 34.5 Å². The molecule has 2 amide bonds. The largest absolute Gasteiger partial charge is 0.366 e. The Morgan fingerprint density at radius 2 is 1.56 bits per heavy atom.